The molecular weight excluding hydrogens is 279 g/mol. The van der Waals surface area contributed by atoms with Crippen molar-refractivity contribution in [2.45, 2.75) is 70.6 Å². The molecule has 0 aromatic rings. The van der Waals surface area contributed by atoms with E-state index in [1.165, 1.54) is 6.42 Å². The normalized spacial score (nSPS) is 45.4. The van der Waals surface area contributed by atoms with Crippen molar-refractivity contribution in [1.29, 1.82) is 0 Å². The Kier molecular flexibility index (Phi) is 4.07. The number of rotatable bonds is 6. The van der Waals surface area contributed by atoms with Crippen LogP contribution in [0, 0.1) is 23.2 Å². The predicted octanol–water partition coefficient (Wildman–Crippen LogP) is 1.09. The first-order valence-electron chi connectivity index (χ1n) is 8.61. The van der Waals surface area contributed by atoms with Crippen LogP contribution < -0.4 is 11.5 Å². The number of amides is 1. The maximum atomic E-state index is 11.1. The number of nitrogens with two attached hydrogens (primary N) is 2. The largest absolute Gasteiger partial charge is 0.438 e. The van der Waals surface area contributed by atoms with Gasteiger partial charge in [0.15, 0.2) is 0 Å². The predicted molar refractivity (Wildman–Crippen MR) is 86.0 cm³/mol. The molecule has 124 valence electrons. The lowest BCUT2D eigenvalue weighted by Gasteiger charge is -2.68. The SMILES string of the molecule is CC[C@H](C[C@H](N)CC(N)=O)C1(C)[C@@H]2C[C@H]3OBO[C@@]3(C)[C@H]1C2. The second-order valence-electron chi connectivity index (χ2n) is 7.96. The zero-order chi connectivity index (χ0) is 16.1. The van der Waals surface area contributed by atoms with Crippen LogP contribution in [-0.2, 0) is 14.1 Å². The van der Waals surface area contributed by atoms with Crippen molar-refractivity contribution in [3.63, 3.8) is 0 Å². The Morgan fingerprint density at radius 1 is 1.41 bits per heavy atom. The van der Waals surface area contributed by atoms with E-state index in [2.05, 4.69) is 20.8 Å². The lowest BCUT2D eigenvalue weighted by Crippen LogP contribution is -2.68. The third kappa shape index (κ3) is 2.22. The zero-order valence-corrected chi connectivity index (χ0v) is 14.0. The Bertz CT molecular complexity index is 463. The van der Waals surface area contributed by atoms with Gasteiger partial charge in [0.1, 0.15) is 0 Å². The first-order valence-corrected chi connectivity index (χ1v) is 8.61. The summed E-state index contributed by atoms with van der Waals surface area (Å²) in [4.78, 5) is 11.1. The molecule has 5 nitrogen and oxygen atoms in total. The van der Waals surface area contributed by atoms with Crippen LogP contribution in [0.2, 0.25) is 0 Å². The van der Waals surface area contributed by atoms with Crippen LogP contribution in [-0.4, -0.2) is 31.3 Å². The van der Waals surface area contributed by atoms with Crippen molar-refractivity contribution >= 4 is 13.6 Å². The van der Waals surface area contributed by atoms with Gasteiger partial charge in [0.05, 0.1) is 11.7 Å². The smallest absolute Gasteiger partial charge is 0.408 e. The van der Waals surface area contributed by atoms with Gasteiger partial charge >= 0.3 is 7.69 Å². The molecule has 3 aliphatic carbocycles. The fourth-order valence-corrected chi connectivity index (χ4v) is 5.69. The van der Waals surface area contributed by atoms with Crippen LogP contribution in [0.15, 0.2) is 0 Å². The molecule has 0 spiro atoms. The molecule has 1 saturated heterocycles. The number of primary amides is 1. The molecule has 6 heteroatoms. The van der Waals surface area contributed by atoms with Crippen molar-refractivity contribution in [1.82, 2.24) is 0 Å². The monoisotopic (exact) mass is 308 g/mol. The van der Waals surface area contributed by atoms with Gasteiger partial charge in [-0.05, 0) is 49.4 Å². The van der Waals surface area contributed by atoms with Gasteiger partial charge in [-0.3, -0.25) is 4.79 Å². The van der Waals surface area contributed by atoms with E-state index in [1.54, 1.807) is 0 Å². The minimum atomic E-state index is -0.305. The summed E-state index contributed by atoms with van der Waals surface area (Å²) in [7, 11) is 0.429. The van der Waals surface area contributed by atoms with Crippen LogP contribution in [0.25, 0.3) is 0 Å². The van der Waals surface area contributed by atoms with E-state index in [-0.39, 0.29) is 35.5 Å². The highest BCUT2D eigenvalue weighted by molar-refractivity contribution is 6.19. The summed E-state index contributed by atoms with van der Waals surface area (Å²) in [5.41, 5.74) is 11.5. The molecule has 22 heavy (non-hydrogen) atoms. The van der Waals surface area contributed by atoms with Gasteiger partial charge in [-0.25, -0.2) is 0 Å². The molecule has 2 bridgehead atoms. The van der Waals surface area contributed by atoms with Crippen molar-refractivity contribution < 1.29 is 14.1 Å². The van der Waals surface area contributed by atoms with E-state index in [9.17, 15) is 4.79 Å². The molecule has 3 saturated carbocycles. The molecule has 4 N–H and O–H groups in total. The van der Waals surface area contributed by atoms with E-state index in [0.717, 1.165) is 19.3 Å². The minimum absolute atomic E-state index is 0.134. The summed E-state index contributed by atoms with van der Waals surface area (Å²) in [5, 5.41) is 0. The van der Waals surface area contributed by atoms with Gasteiger partial charge in [0, 0.05) is 12.5 Å². The van der Waals surface area contributed by atoms with Gasteiger partial charge in [0.25, 0.3) is 0 Å². The Morgan fingerprint density at radius 2 is 2.14 bits per heavy atom. The van der Waals surface area contributed by atoms with Crippen molar-refractivity contribution in [3.8, 4) is 0 Å². The Morgan fingerprint density at radius 3 is 2.77 bits per heavy atom. The Balaban J connectivity index is 1.76. The number of hydrogen-bond donors (Lipinski definition) is 2. The maximum Gasteiger partial charge on any atom is 0.438 e. The van der Waals surface area contributed by atoms with Gasteiger partial charge in [-0.1, -0.05) is 20.3 Å². The van der Waals surface area contributed by atoms with Crippen LogP contribution in [0.5, 0.6) is 0 Å². The molecule has 0 radical (unpaired) electrons. The second-order valence-corrected chi connectivity index (χ2v) is 7.96. The molecule has 7 atom stereocenters. The molecule has 4 rings (SSSR count). The van der Waals surface area contributed by atoms with Crippen LogP contribution in [0.4, 0.5) is 0 Å². The van der Waals surface area contributed by atoms with Crippen molar-refractivity contribution in [2.24, 2.45) is 34.6 Å². The van der Waals surface area contributed by atoms with Gasteiger partial charge < -0.3 is 20.8 Å². The molecule has 1 amide bonds. The van der Waals surface area contributed by atoms with Crippen LogP contribution in [0.1, 0.15) is 52.9 Å². The van der Waals surface area contributed by atoms with Gasteiger partial charge in [-0.15, -0.1) is 0 Å². The van der Waals surface area contributed by atoms with E-state index in [1.807, 2.05) is 0 Å². The van der Waals surface area contributed by atoms with E-state index in [4.69, 9.17) is 20.8 Å². The van der Waals surface area contributed by atoms with Crippen molar-refractivity contribution in [2.75, 3.05) is 0 Å². The Labute approximate surface area is 133 Å². The van der Waals surface area contributed by atoms with Gasteiger partial charge in [-0.2, -0.15) is 0 Å². The first-order chi connectivity index (χ1) is 10.3. The average Bonchev–Trinajstić information content (AvgIpc) is 2.83. The van der Waals surface area contributed by atoms with Crippen LogP contribution in [0.3, 0.4) is 0 Å². The highest BCUT2D eigenvalue weighted by Crippen LogP contribution is 2.69. The summed E-state index contributed by atoms with van der Waals surface area (Å²) in [6, 6.07) is -0.134. The quantitative estimate of drug-likeness (QED) is 0.719. The van der Waals surface area contributed by atoms with E-state index < -0.39 is 0 Å². The summed E-state index contributed by atoms with van der Waals surface area (Å²) in [6.07, 6.45) is 4.80. The highest BCUT2D eigenvalue weighted by Gasteiger charge is 2.69. The molecular formula is C16H29BN2O3. The lowest BCUT2D eigenvalue weighted by molar-refractivity contribution is -0.231. The standard InChI is InChI=1S/C16H29BN2O3/c1-4-9(5-11(18)8-14(19)20)15(2)10-6-12(15)16(3)13(7-10)21-17-22-16/h9-13,17H,4-8,18H2,1-3H3,(H2,19,20)/t9-,10+,11+,12+,13-,15?,16+/m1/s1. The molecule has 4 fully saturated rings. The minimum Gasteiger partial charge on any atom is -0.408 e. The molecule has 0 aromatic carbocycles. The Hall–Kier alpha value is -0.585. The fraction of sp³-hybridized carbons (Fsp3) is 0.938. The molecule has 1 aliphatic heterocycles. The first kappa shape index (κ1) is 16.3. The third-order valence-electron chi connectivity index (χ3n) is 7.04. The summed E-state index contributed by atoms with van der Waals surface area (Å²) >= 11 is 0. The summed E-state index contributed by atoms with van der Waals surface area (Å²) < 4.78 is 11.8. The molecule has 1 unspecified atom stereocenters. The third-order valence-corrected chi connectivity index (χ3v) is 7.04. The zero-order valence-electron chi connectivity index (χ0n) is 14.0. The van der Waals surface area contributed by atoms with Crippen LogP contribution >= 0.6 is 0 Å². The lowest BCUT2D eigenvalue weighted by atomic mass is 9.39. The van der Waals surface area contributed by atoms with Gasteiger partial charge in [0.2, 0.25) is 5.91 Å². The van der Waals surface area contributed by atoms with Crippen molar-refractivity contribution in [3.05, 3.63) is 0 Å². The molecule has 4 aliphatic rings. The average molecular weight is 308 g/mol. The molecule has 0 aromatic heterocycles. The summed E-state index contributed by atoms with van der Waals surface area (Å²) in [5.74, 6) is 1.41. The highest BCUT2D eigenvalue weighted by atomic mass is 16.6. The number of carbonyl (C=O) groups excluding carboxylic acids is 1. The second kappa shape index (κ2) is 5.50. The summed E-state index contributed by atoms with van der Waals surface area (Å²) in [6.45, 7) is 6.85. The van der Waals surface area contributed by atoms with E-state index >= 15 is 0 Å². The van der Waals surface area contributed by atoms with E-state index in [0.29, 0.717) is 25.4 Å². The number of carbonyl (C=O) groups is 1. The topological polar surface area (TPSA) is 87.6 Å². The molecule has 1 heterocycles. The maximum absolute atomic E-state index is 11.1. The number of hydrogen-bond acceptors (Lipinski definition) is 4. The fourth-order valence-electron chi connectivity index (χ4n) is 5.69.